The topological polar surface area (TPSA) is 37.8 Å². The van der Waals surface area contributed by atoms with Gasteiger partial charge in [-0.05, 0) is 32.6 Å². The van der Waals surface area contributed by atoms with Crippen molar-refractivity contribution < 1.29 is 0 Å². The molecule has 0 bridgehead atoms. The van der Waals surface area contributed by atoms with Crippen molar-refractivity contribution in [2.75, 3.05) is 11.9 Å². The molecular weight excluding hydrogens is 210 g/mol. The van der Waals surface area contributed by atoms with Crippen molar-refractivity contribution in [1.29, 1.82) is 0 Å². The van der Waals surface area contributed by atoms with Gasteiger partial charge in [-0.25, -0.2) is 9.97 Å². The van der Waals surface area contributed by atoms with E-state index in [2.05, 4.69) is 44.9 Å². The minimum atomic E-state index is 0.632. The van der Waals surface area contributed by atoms with E-state index >= 15 is 0 Å². The highest BCUT2D eigenvalue weighted by Crippen LogP contribution is 2.19. The lowest BCUT2D eigenvalue weighted by atomic mass is 10.0. The molecule has 0 aliphatic carbocycles. The molecule has 0 unspecified atom stereocenters. The summed E-state index contributed by atoms with van der Waals surface area (Å²) in [5.41, 5.74) is 2.41. The Morgan fingerprint density at radius 2 is 1.88 bits per heavy atom. The number of hydrogen-bond acceptors (Lipinski definition) is 3. The van der Waals surface area contributed by atoms with Gasteiger partial charge in [0.15, 0.2) is 0 Å². The third-order valence-corrected chi connectivity index (χ3v) is 2.71. The van der Waals surface area contributed by atoms with Gasteiger partial charge in [0.2, 0.25) is 0 Å². The van der Waals surface area contributed by atoms with E-state index in [1.165, 1.54) is 11.3 Å². The van der Waals surface area contributed by atoms with Gasteiger partial charge in [0.05, 0.1) is 0 Å². The van der Waals surface area contributed by atoms with Crippen LogP contribution in [0.3, 0.4) is 0 Å². The fourth-order valence-electron chi connectivity index (χ4n) is 1.87. The Kier molecular flexibility index (Phi) is 5.39. The number of nitrogens with zero attached hydrogens (tertiary/aromatic N) is 2. The number of nitrogens with one attached hydrogen (secondary N) is 1. The summed E-state index contributed by atoms with van der Waals surface area (Å²) in [6.07, 6.45) is 3.09. The van der Waals surface area contributed by atoms with Gasteiger partial charge >= 0.3 is 0 Å². The second-order valence-electron chi connectivity index (χ2n) is 4.94. The first-order valence-electron chi connectivity index (χ1n) is 6.68. The lowest BCUT2D eigenvalue weighted by Crippen LogP contribution is -2.11. The van der Waals surface area contributed by atoms with Crippen LogP contribution in [-0.4, -0.2) is 16.5 Å². The minimum absolute atomic E-state index is 0.632. The molecule has 1 aromatic heterocycles. The summed E-state index contributed by atoms with van der Waals surface area (Å²) in [6.45, 7) is 11.7. The van der Waals surface area contributed by atoms with E-state index in [9.17, 15) is 0 Å². The number of aromatic nitrogens is 2. The third kappa shape index (κ3) is 3.99. The smallest absolute Gasteiger partial charge is 0.132 e. The van der Waals surface area contributed by atoms with Crippen LogP contribution in [0.15, 0.2) is 0 Å². The Morgan fingerprint density at radius 3 is 2.41 bits per heavy atom. The minimum Gasteiger partial charge on any atom is -0.370 e. The highest BCUT2D eigenvalue weighted by atomic mass is 15.0. The first-order valence-corrected chi connectivity index (χ1v) is 6.68. The Labute approximate surface area is 105 Å². The second kappa shape index (κ2) is 6.58. The molecule has 0 amide bonds. The van der Waals surface area contributed by atoms with Crippen molar-refractivity contribution in [3.8, 4) is 0 Å². The predicted octanol–water partition coefficient (Wildman–Crippen LogP) is 3.37. The SMILES string of the molecule is CCCc1nc(CC(C)C)c(C)c(NCC)n1. The fourth-order valence-corrected chi connectivity index (χ4v) is 1.87. The fraction of sp³-hybridized carbons (Fsp3) is 0.714. The van der Waals surface area contributed by atoms with E-state index in [-0.39, 0.29) is 0 Å². The van der Waals surface area contributed by atoms with Crippen molar-refractivity contribution in [3.05, 3.63) is 17.1 Å². The Morgan fingerprint density at radius 1 is 1.18 bits per heavy atom. The molecule has 0 radical (unpaired) electrons. The van der Waals surface area contributed by atoms with Crippen molar-refractivity contribution in [1.82, 2.24) is 9.97 Å². The molecule has 1 heterocycles. The normalized spacial score (nSPS) is 10.9. The average Bonchev–Trinajstić information content (AvgIpc) is 2.24. The first kappa shape index (κ1) is 13.9. The zero-order valence-corrected chi connectivity index (χ0v) is 11.8. The van der Waals surface area contributed by atoms with Gasteiger partial charge in [-0.1, -0.05) is 20.8 Å². The van der Waals surface area contributed by atoms with Gasteiger partial charge in [-0.15, -0.1) is 0 Å². The summed E-state index contributed by atoms with van der Waals surface area (Å²) in [5.74, 6) is 2.62. The van der Waals surface area contributed by atoms with Crippen LogP contribution >= 0.6 is 0 Å². The van der Waals surface area contributed by atoms with Crippen molar-refractivity contribution >= 4 is 5.82 Å². The van der Waals surface area contributed by atoms with E-state index in [4.69, 9.17) is 4.98 Å². The highest BCUT2D eigenvalue weighted by Gasteiger charge is 2.11. The summed E-state index contributed by atoms with van der Waals surface area (Å²) in [7, 11) is 0. The largest absolute Gasteiger partial charge is 0.370 e. The number of aryl methyl sites for hydroxylation is 1. The maximum atomic E-state index is 4.69. The predicted molar refractivity (Wildman–Crippen MR) is 73.5 cm³/mol. The Bertz CT molecular complexity index is 359. The molecule has 96 valence electrons. The summed E-state index contributed by atoms with van der Waals surface area (Å²) < 4.78 is 0. The first-order chi connectivity index (χ1) is 8.08. The van der Waals surface area contributed by atoms with Crippen LogP contribution < -0.4 is 5.32 Å². The molecule has 0 aliphatic heterocycles. The standard InChI is InChI=1S/C14H25N3/c1-6-8-13-16-12(9-10(3)4)11(5)14(17-13)15-7-2/h10H,6-9H2,1-5H3,(H,15,16,17). The Balaban J connectivity index is 3.07. The summed E-state index contributed by atoms with van der Waals surface area (Å²) in [4.78, 5) is 9.29. The van der Waals surface area contributed by atoms with E-state index < -0.39 is 0 Å². The lowest BCUT2D eigenvalue weighted by molar-refractivity contribution is 0.626. The van der Waals surface area contributed by atoms with Crippen LogP contribution in [0.5, 0.6) is 0 Å². The molecule has 0 saturated carbocycles. The third-order valence-electron chi connectivity index (χ3n) is 2.71. The van der Waals surface area contributed by atoms with Gasteiger partial charge in [-0.2, -0.15) is 0 Å². The molecule has 0 spiro atoms. The molecule has 0 aromatic carbocycles. The second-order valence-corrected chi connectivity index (χ2v) is 4.94. The van der Waals surface area contributed by atoms with Crippen molar-refractivity contribution in [2.45, 2.75) is 53.9 Å². The van der Waals surface area contributed by atoms with Gasteiger partial charge in [0, 0.05) is 24.2 Å². The zero-order valence-electron chi connectivity index (χ0n) is 11.8. The molecule has 0 aliphatic rings. The molecule has 1 N–H and O–H groups in total. The van der Waals surface area contributed by atoms with Crippen LogP contribution in [0.4, 0.5) is 5.82 Å². The Hall–Kier alpha value is -1.12. The zero-order chi connectivity index (χ0) is 12.8. The quantitative estimate of drug-likeness (QED) is 0.821. The number of rotatable bonds is 6. The van der Waals surface area contributed by atoms with E-state index in [1.807, 2.05) is 0 Å². The van der Waals surface area contributed by atoms with Gasteiger partial charge in [0.1, 0.15) is 11.6 Å². The van der Waals surface area contributed by atoms with E-state index in [1.54, 1.807) is 0 Å². The van der Waals surface area contributed by atoms with Gasteiger partial charge in [0.25, 0.3) is 0 Å². The maximum absolute atomic E-state index is 4.69. The molecular formula is C14H25N3. The maximum Gasteiger partial charge on any atom is 0.132 e. The molecule has 3 heteroatoms. The van der Waals surface area contributed by atoms with E-state index in [0.29, 0.717) is 5.92 Å². The van der Waals surface area contributed by atoms with Crippen molar-refractivity contribution in [2.24, 2.45) is 5.92 Å². The van der Waals surface area contributed by atoms with Crippen LogP contribution in [0.25, 0.3) is 0 Å². The molecule has 1 rings (SSSR count). The molecule has 0 saturated heterocycles. The molecule has 1 aromatic rings. The van der Waals surface area contributed by atoms with Gasteiger partial charge < -0.3 is 5.32 Å². The van der Waals surface area contributed by atoms with Crippen LogP contribution in [0.1, 0.15) is 51.2 Å². The van der Waals surface area contributed by atoms with Gasteiger partial charge in [-0.3, -0.25) is 0 Å². The highest BCUT2D eigenvalue weighted by molar-refractivity contribution is 5.45. The van der Waals surface area contributed by atoms with E-state index in [0.717, 1.165) is 37.4 Å². The number of hydrogen-bond donors (Lipinski definition) is 1. The lowest BCUT2D eigenvalue weighted by Gasteiger charge is -2.14. The summed E-state index contributed by atoms with van der Waals surface area (Å²) >= 11 is 0. The van der Waals surface area contributed by atoms with Crippen molar-refractivity contribution in [3.63, 3.8) is 0 Å². The summed E-state index contributed by atoms with van der Waals surface area (Å²) in [6, 6.07) is 0. The van der Waals surface area contributed by atoms with Crippen LogP contribution in [-0.2, 0) is 12.8 Å². The molecule has 0 fully saturated rings. The monoisotopic (exact) mass is 235 g/mol. The summed E-state index contributed by atoms with van der Waals surface area (Å²) in [5, 5.41) is 3.34. The van der Waals surface area contributed by atoms with Crippen LogP contribution in [0.2, 0.25) is 0 Å². The molecule has 0 atom stereocenters. The van der Waals surface area contributed by atoms with Crippen LogP contribution in [0, 0.1) is 12.8 Å². The molecule has 3 nitrogen and oxygen atoms in total. The molecule has 17 heavy (non-hydrogen) atoms. The number of anilines is 1. The average molecular weight is 235 g/mol.